The highest BCUT2D eigenvalue weighted by atomic mass is 16.5. The number of pyridine rings is 1. The van der Waals surface area contributed by atoms with Crippen molar-refractivity contribution in [3.05, 3.63) is 29.6 Å². The van der Waals surface area contributed by atoms with Gasteiger partial charge >= 0.3 is 0 Å². The molecule has 0 spiro atoms. The zero-order valence-corrected chi connectivity index (χ0v) is 21.3. The van der Waals surface area contributed by atoms with Crippen LogP contribution in [-0.4, -0.2) is 69.7 Å². The second kappa shape index (κ2) is 9.39. The fraction of sp³-hybridized carbons (Fsp3) is 0.630. The number of anilines is 1. The third-order valence-electron chi connectivity index (χ3n) is 8.57. The van der Waals surface area contributed by atoms with Crippen LogP contribution >= 0.6 is 0 Å². The maximum Gasteiger partial charge on any atom is 0.177 e. The largest absolute Gasteiger partial charge is 0.381 e. The van der Waals surface area contributed by atoms with Crippen LogP contribution in [0.3, 0.4) is 0 Å². The van der Waals surface area contributed by atoms with E-state index in [4.69, 9.17) is 29.4 Å². The average Bonchev–Trinajstić information content (AvgIpc) is 3.63. The van der Waals surface area contributed by atoms with Gasteiger partial charge in [0.15, 0.2) is 17.2 Å². The van der Waals surface area contributed by atoms with Crippen molar-refractivity contribution in [2.45, 2.75) is 69.7 Å². The van der Waals surface area contributed by atoms with Gasteiger partial charge in [-0.3, -0.25) is 0 Å². The molecular formula is C27H33N7O3. The van der Waals surface area contributed by atoms with E-state index in [2.05, 4.69) is 24.0 Å². The van der Waals surface area contributed by atoms with Crippen LogP contribution in [0.15, 0.2) is 18.3 Å². The summed E-state index contributed by atoms with van der Waals surface area (Å²) in [6, 6.07) is 7.19. The van der Waals surface area contributed by atoms with E-state index in [1.807, 2.05) is 16.9 Å². The van der Waals surface area contributed by atoms with Crippen LogP contribution in [0.25, 0.3) is 16.9 Å². The van der Waals surface area contributed by atoms with Gasteiger partial charge in [0, 0.05) is 32.1 Å². The third kappa shape index (κ3) is 3.92. The van der Waals surface area contributed by atoms with Crippen LogP contribution in [0.5, 0.6) is 0 Å². The molecule has 0 radical (unpaired) electrons. The lowest BCUT2D eigenvalue weighted by molar-refractivity contribution is -0.0395. The maximum absolute atomic E-state index is 10.2. The van der Waals surface area contributed by atoms with Gasteiger partial charge in [-0.25, -0.2) is 9.67 Å². The Kier molecular flexibility index (Phi) is 5.87. The molecule has 4 aliphatic heterocycles. The molecule has 0 aliphatic carbocycles. The van der Waals surface area contributed by atoms with Gasteiger partial charge in [0.2, 0.25) is 0 Å². The van der Waals surface area contributed by atoms with Crippen molar-refractivity contribution in [1.82, 2.24) is 24.5 Å². The fourth-order valence-electron chi connectivity index (χ4n) is 6.67. The molecule has 5 atom stereocenters. The first-order valence-electron chi connectivity index (χ1n) is 13.7. The summed E-state index contributed by atoms with van der Waals surface area (Å²) < 4.78 is 21.2. The lowest BCUT2D eigenvalue weighted by Gasteiger charge is -2.36. The van der Waals surface area contributed by atoms with Crippen molar-refractivity contribution in [2.75, 3.05) is 37.9 Å². The van der Waals surface area contributed by atoms with Gasteiger partial charge in [-0.05, 0) is 62.0 Å². The molecule has 3 aromatic rings. The molecule has 10 nitrogen and oxygen atoms in total. The van der Waals surface area contributed by atoms with Crippen LogP contribution in [0.2, 0.25) is 0 Å². The normalized spacial score (nSPS) is 30.1. The molecule has 3 aromatic heterocycles. The molecule has 7 heterocycles. The van der Waals surface area contributed by atoms with Crippen molar-refractivity contribution in [1.29, 1.82) is 5.26 Å². The van der Waals surface area contributed by atoms with Gasteiger partial charge in [-0.15, -0.1) is 0 Å². The highest BCUT2D eigenvalue weighted by molar-refractivity contribution is 5.88. The maximum atomic E-state index is 10.2. The molecule has 4 saturated heterocycles. The second-order valence-electron chi connectivity index (χ2n) is 10.9. The van der Waals surface area contributed by atoms with Gasteiger partial charge in [-0.2, -0.15) is 20.1 Å². The predicted octanol–water partition coefficient (Wildman–Crippen LogP) is 3.70. The molecule has 37 heavy (non-hydrogen) atoms. The number of hydrogen-bond acceptors (Lipinski definition) is 8. The predicted molar refractivity (Wildman–Crippen MR) is 136 cm³/mol. The molecule has 194 valence electrons. The Morgan fingerprint density at radius 3 is 2.59 bits per heavy atom. The number of fused-ring (bicyclic) bond motifs is 3. The summed E-state index contributed by atoms with van der Waals surface area (Å²) in [5.74, 6) is 2.22. The minimum Gasteiger partial charge on any atom is -0.381 e. The summed E-state index contributed by atoms with van der Waals surface area (Å²) in [6.07, 6.45) is 8.18. The standard InChI is InChI=1S/C27H33N7O3/c1-17-14-35-11-8-20(17)21-12-24(33-18-5-6-19(33)16-36-15-18)29-27-26(21)22(13-28)30-34(27)23-7-9-32(31-23)25-4-2-3-10-37-25/h7,9,12,17-20,25H,2-6,8,10-11,14-16H2,1H3. The van der Waals surface area contributed by atoms with Crippen molar-refractivity contribution < 1.29 is 14.2 Å². The molecule has 0 aromatic carbocycles. The van der Waals surface area contributed by atoms with E-state index < -0.39 is 0 Å². The lowest BCUT2D eigenvalue weighted by atomic mass is 9.82. The summed E-state index contributed by atoms with van der Waals surface area (Å²) >= 11 is 0. The van der Waals surface area contributed by atoms with E-state index in [1.165, 1.54) is 0 Å². The number of nitriles is 1. The number of nitrogens with zero attached hydrogens (tertiary/aromatic N) is 7. The summed E-state index contributed by atoms with van der Waals surface area (Å²) in [5.41, 5.74) is 2.25. The number of rotatable bonds is 4. The Morgan fingerprint density at radius 1 is 0.973 bits per heavy atom. The van der Waals surface area contributed by atoms with Crippen molar-refractivity contribution in [3.63, 3.8) is 0 Å². The first-order chi connectivity index (χ1) is 18.2. The molecule has 0 saturated carbocycles. The van der Waals surface area contributed by atoms with Gasteiger partial charge < -0.3 is 19.1 Å². The second-order valence-corrected chi connectivity index (χ2v) is 10.9. The Morgan fingerprint density at radius 2 is 1.84 bits per heavy atom. The van der Waals surface area contributed by atoms with Crippen LogP contribution in [-0.2, 0) is 14.2 Å². The molecule has 10 heteroatoms. The summed E-state index contributed by atoms with van der Waals surface area (Å²) in [5, 5.41) is 20.6. The Labute approximate surface area is 216 Å². The number of ether oxygens (including phenoxy) is 3. The molecular weight excluding hydrogens is 470 g/mol. The summed E-state index contributed by atoms with van der Waals surface area (Å²) in [6.45, 7) is 5.88. The van der Waals surface area contributed by atoms with Crippen molar-refractivity contribution >= 4 is 16.9 Å². The van der Waals surface area contributed by atoms with Crippen LogP contribution in [0.1, 0.15) is 68.9 Å². The third-order valence-corrected chi connectivity index (χ3v) is 8.57. The molecule has 4 aliphatic rings. The Balaban J connectivity index is 1.39. The number of hydrogen-bond donors (Lipinski definition) is 0. The SMILES string of the molecule is CC1COCCC1c1cc(N2C3CCC2COC3)nc2c1c(C#N)nn2-c1ccn(C2CCCCO2)n1. The zero-order valence-electron chi connectivity index (χ0n) is 21.3. The minimum absolute atomic E-state index is 0.0640. The lowest BCUT2D eigenvalue weighted by Crippen LogP contribution is -2.46. The van der Waals surface area contributed by atoms with Crippen molar-refractivity contribution in [3.8, 4) is 11.9 Å². The molecule has 4 fully saturated rings. The summed E-state index contributed by atoms with van der Waals surface area (Å²) in [7, 11) is 0. The molecule has 2 bridgehead atoms. The Bertz CT molecular complexity index is 1320. The topological polar surface area (TPSA) is 103 Å². The molecule has 0 amide bonds. The monoisotopic (exact) mass is 503 g/mol. The molecule has 0 N–H and O–H groups in total. The van der Waals surface area contributed by atoms with E-state index in [0.717, 1.165) is 81.7 Å². The van der Waals surface area contributed by atoms with E-state index in [1.54, 1.807) is 4.68 Å². The molecule has 5 unspecified atom stereocenters. The Hall–Kier alpha value is -3.00. The van der Waals surface area contributed by atoms with Gasteiger partial charge in [0.1, 0.15) is 18.1 Å². The quantitative estimate of drug-likeness (QED) is 0.531. The van der Waals surface area contributed by atoms with Crippen LogP contribution < -0.4 is 4.90 Å². The molecule has 7 rings (SSSR count). The first-order valence-corrected chi connectivity index (χ1v) is 13.7. The van der Waals surface area contributed by atoms with Gasteiger partial charge in [0.25, 0.3) is 0 Å². The van der Waals surface area contributed by atoms with Gasteiger partial charge in [-0.1, -0.05) is 6.92 Å². The van der Waals surface area contributed by atoms with E-state index >= 15 is 0 Å². The van der Waals surface area contributed by atoms with Crippen LogP contribution in [0.4, 0.5) is 5.82 Å². The fourth-order valence-corrected chi connectivity index (χ4v) is 6.67. The summed E-state index contributed by atoms with van der Waals surface area (Å²) in [4.78, 5) is 7.65. The van der Waals surface area contributed by atoms with Crippen LogP contribution in [0, 0.1) is 17.2 Å². The van der Waals surface area contributed by atoms with Crippen molar-refractivity contribution in [2.24, 2.45) is 5.92 Å². The number of aromatic nitrogens is 5. The highest BCUT2D eigenvalue weighted by Gasteiger charge is 2.39. The van der Waals surface area contributed by atoms with E-state index in [9.17, 15) is 5.26 Å². The van der Waals surface area contributed by atoms with E-state index in [0.29, 0.717) is 41.8 Å². The van der Waals surface area contributed by atoms with E-state index in [-0.39, 0.29) is 12.1 Å². The number of morpholine rings is 1. The first kappa shape index (κ1) is 23.1. The minimum atomic E-state index is -0.0640. The zero-order chi connectivity index (χ0) is 24.9. The van der Waals surface area contributed by atoms with Gasteiger partial charge in [0.05, 0.1) is 30.7 Å². The smallest absolute Gasteiger partial charge is 0.177 e. The average molecular weight is 504 g/mol. The highest BCUT2D eigenvalue weighted by Crippen LogP contribution is 2.41.